The molecule has 4 atom stereocenters. The lowest BCUT2D eigenvalue weighted by Crippen LogP contribution is -2.47. The highest BCUT2D eigenvalue weighted by Crippen LogP contribution is 2.24. The van der Waals surface area contributed by atoms with Gasteiger partial charge in [0, 0.05) is 38.8 Å². The third-order valence-electron chi connectivity index (χ3n) is 5.30. The number of rotatable bonds is 5. The van der Waals surface area contributed by atoms with Crippen molar-refractivity contribution in [3.63, 3.8) is 0 Å². The smallest absolute Gasteiger partial charge is 0.251 e. The van der Waals surface area contributed by atoms with E-state index in [0.29, 0.717) is 18.6 Å². The minimum atomic E-state index is -0.380. The Morgan fingerprint density at radius 2 is 2.04 bits per heavy atom. The van der Waals surface area contributed by atoms with Crippen LogP contribution >= 0.6 is 0 Å². The second-order valence-corrected chi connectivity index (χ2v) is 7.05. The van der Waals surface area contributed by atoms with Crippen molar-refractivity contribution in [3.8, 4) is 0 Å². The number of nitrogens with zero attached hydrogens (tertiary/aromatic N) is 2. The maximum Gasteiger partial charge on any atom is 0.251 e. The SMILES string of the molecule is C[C@H](OC[C@@H]1CCCO1)C(=O)N1C[C@@H](C)[C@@H](N2CCOCC2)C1. The van der Waals surface area contributed by atoms with Crippen molar-refractivity contribution in [1.82, 2.24) is 9.80 Å². The van der Waals surface area contributed by atoms with Gasteiger partial charge in [-0.3, -0.25) is 9.69 Å². The lowest BCUT2D eigenvalue weighted by atomic mass is 10.0. The summed E-state index contributed by atoms with van der Waals surface area (Å²) in [5.74, 6) is 0.619. The molecule has 6 heteroatoms. The molecule has 3 fully saturated rings. The van der Waals surface area contributed by atoms with Crippen LogP contribution in [0.1, 0.15) is 26.7 Å². The van der Waals surface area contributed by atoms with Gasteiger partial charge in [-0.2, -0.15) is 0 Å². The van der Waals surface area contributed by atoms with Gasteiger partial charge in [0.15, 0.2) is 0 Å². The minimum Gasteiger partial charge on any atom is -0.379 e. The molecule has 23 heavy (non-hydrogen) atoms. The molecular formula is C17H30N2O4. The number of morpholine rings is 1. The topological polar surface area (TPSA) is 51.2 Å². The van der Waals surface area contributed by atoms with Gasteiger partial charge in [0.2, 0.25) is 0 Å². The minimum absolute atomic E-state index is 0.116. The van der Waals surface area contributed by atoms with Crippen molar-refractivity contribution in [2.24, 2.45) is 5.92 Å². The standard InChI is InChI=1S/C17H30N2O4/c1-13-10-19(11-16(13)18-5-8-21-9-6-18)17(20)14(2)23-12-15-4-3-7-22-15/h13-16H,3-12H2,1-2H3/t13-,14+,15+,16+/m1/s1. The Hall–Kier alpha value is -0.690. The average Bonchev–Trinajstić information content (AvgIpc) is 3.22. The number of carbonyl (C=O) groups is 1. The Balaban J connectivity index is 1.47. The number of amides is 1. The molecular weight excluding hydrogens is 296 g/mol. The van der Waals surface area contributed by atoms with Crippen molar-refractivity contribution in [2.45, 2.75) is 44.9 Å². The van der Waals surface area contributed by atoms with Crippen molar-refractivity contribution < 1.29 is 19.0 Å². The first-order valence-electron chi connectivity index (χ1n) is 8.99. The summed E-state index contributed by atoms with van der Waals surface area (Å²) in [7, 11) is 0. The van der Waals surface area contributed by atoms with E-state index >= 15 is 0 Å². The highest BCUT2D eigenvalue weighted by atomic mass is 16.5. The first-order valence-corrected chi connectivity index (χ1v) is 8.99. The van der Waals surface area contributed by atoms with Crippen LogP contribution in [0.25, 0.3) is 0 Å². The lowest BCUT2D eigenvalue weighted by molar-refractivity contribution is -0.143. The van der Waals surface area contributed by atoms with Crippen LogP contribution in [0, 0.1) is 5.92 Å². The Kier molecular flexibility index (Phi) is 5.91. The van der Waals surface area contributed by atoms with Crippen LogP contribution in [-0.4, -0.2) is 86.6 Å². The molecule has 132 valence electrons. The van der Waals surface area contributed by atoms with E-state index in [1.165, 1.54) is 0 Å². The molecule has 0 N–H and O–H groups in total. The molecule has 0 radical (unpaired) electrons. The molecule has 3 heterocycles. The Bertz CT molecular complexity index is 394. The third kappa shape index (κ3) is 4.24. The summed E-state index contributed by atoms with van der Waals surface area (Å²) in [5.41, 5.74) is 0. The van der Waals surface area contributed by atoms with Gasteiger partial charge in [0.25, 0.3) is 5.91 Å². The van der Waals surface area contributed by atoms with Crippen molar-refractivity contribution in [1.29, 1.82) is 0 Å². The van der Waals surface area contributed by atoms with Crippen LogP contribution in [-0.2, 0) is 19.0 Å². The molecule has 3 aliphatic heterocycles. The molecule has 0 bridgehead atoms. The fraction of sp³-hybridized carbons (Fsp3) is 0.941. The summed E-state index contributed by atoms with van der Waals surface area (Å²) in [6.45, 7) is 10.7. The molecule has 3 saturated heterocycles. The molecule has 0 aromatic rings. The van der Waals surface area contributed by atoms with Crippen molar-refractivity contribution in [3.05, 3.63) is 0 Å². The summed E-state index contributed by atoms with van der Waals surface area (Å²) in [6, 6.07) is 0.452. The molecule has 0 aromatic carbocycles. The quantitative estimate of drug-likeness (QED) is 0.746. The van der Waals surface area contributed by atoms with Gasteiger partial charge in [0.1, 0.15) is 6.10 Å². The first kappa shape index (κ1) is 17.1. The first-order chi connectivity index (χ1) is 11.1. The number of carbonyl (C=O) groups excluding carboxylic acids is 1. The van der Waals surface area contributed by atoms with E-state index in [1.54, 1.807) is 0 Å². The summed E-state index contributed by atoms with van der Waals surface area (Å²) >= 11 is 0. The summed E-state index contributed by atoms with van der Waals surface area (Å²) in [6.07, 6.45) is 1.93. The van der Waals surface area contributed by atoms with Gasteiger partial charge < -0.3 is 19.1 Å². The molecule has 3 rings (SSSR count). The van der Waals surface area contributed by atoms with Crippen molar-refractivity contribution >= 4 is 5.91 Å². The van der Waals surface area contributed by atoms with Crippen LogP contribution in [0.3, 0.4) is 0 Å². The molecule has 3 aliphatic rings. The van der Waals surface area contributed by atoms with Crippen LogP contribution in [0.4, 0.5) is 0 Å². The summed E-state index contributed by atoms with van der Waals surface area (Å²) < 4.78 is 16.8. The van der Waals surface area contributed by atoms with E-state index in [2.05, 4.69) is 11.8 Å². The highest BCUT2D eigenvalue weighted by molar-refractivity contribution is 5.80. The molecule has 0 spiro atoms. The Morgan fingerprint density at radius 1 is 1.26 bits per heavy atom. The zero-order chi connectivity index (χ0) is 16.2. The Labute approximate surface area is 139 Å². The predicted octanol–water partition coefficient (Wildman–Crippen LogP) is 0.750. The van der Waals surface area contributed by atoms with E-state index < -0.39 is 0 Å². The van der Waals surface area contributed by atoms with Gasteiger partial charge in [-0.1, -0.05) is 6.92 Å². The molecule has 6 nitrogen and oxygen atoms in total. The lowest BCUT2D eigenvalue weighted by Gasteiger charge is -2.34. The van der Waals surface area contributed by atoms with Gasteiger partial charge in [-0.05, 0) is 25.7 Å². The third-order valence-corrected chi connectivity index (χ3v) is 5.30. The van der Waals surface area contributed by atoms with E-state index in [0.717, 1.165) is 58.8 Å². The van der Waals surface area contributed by atoms with Crippen molar-refractivity contribution in [2.75, 3.05) is 52.6 Å². The predicted molar refractivity (Wildman–Crippen MR) is 86.3 cm³/mol. The maximum atomic E-state index is 12.6. The monoisotopic (exact) mass is 326 g/mol. The number of hydrogen-bond donors (Lipinski definition) is 0. The van der Waals surface area contributed by atoms with Crippen LogP contribution in [0.5, 0.6) is 0 Å². The summed E-state index contributed by atoms with van der Waals surface area (Å²) in [5, 5.41) is 0. The molecule has 0 aliphatic carbocycles. The summed E-state index contributed by atoms with van der Waals surface area (Å²) in [4.78, 5) is 17.1. The van der Waals surface area contributed by atoms with Gasteiger partial charge in [-0.15, -0.1) is 0 Å². The zero-order valence-corrected chi connectivity index (χ0v) is 14.4. The second kappa shape index (κ2) is 7.92. The van der Waals surface area contributed by atoms with Crippen LogP contribution in [0.15, 0.2) is 0 Å². The Morgan fingerprint density at radius 3 is 2.74 bits per heavy atom. The normalized spacial score (nSPS) is 34.0. The second-order valence-electron chi connectivity index (χ2n) is 7.05. The highest BCUT2D eigenvalue weighted by Gasteiger charge is 2.38. The molecule has 0 saturated carbocycles. The fourth-order valence-electron chi connectivity index (χ4n) is 3.87. The zero-order valence-electron chi connectivity index (χ0n) is 14.4. The van der Waals surface area contributed by atoms with E-state index in [4.69, 9.17) is 14.2 Å². The van der Waals surface area contributed by atoms with E-state index in [-0.39, 0.29) is 18.1 Å². The van der Waals surface area contributed by atoms with E-state index in [1.807, 2.05) is 11.8 Å². The fourth-order valence-corrected chi connectivity index (χ4v) is 3.87. The largest absolute Gasteiger partial charge is 0.379 e. The number of likely N-dealkylation sites (tertiary alicyclic amines) is 1. The molecule has 0 aromatic heterocycles. The van der Waals surface area contributed by atoms with Gasteiger partial charge in [0.05, 0.1) is 25.9 Å². The number of ether oxygens (including phenoxy) is 3. The average molecular weight is 326 g/mol. The van der Waals surface area contributed by atoms with E-state index in [9.17, 15) is 4.79 Å². The molecule has 0 unspecified atom stereocenters. The van der Waals surface area contributed by atoms with Crippen LogP contribution in [0.2, 0.25) is 0 Å². The molecule has 1 amide bonds. The van der Waals surface area contributed by atoms with Gasteiger partial charge in [-0.25, -0.2) is 0 Å². The maximum absolute atomic E-state index is 12.6. The number of hydrogen-bond acceptors (Lipinski definition) is 5. The van der Waals surface area contributed by atoms with Crippen LogP contribution < -0.4 is 0 Å². The van der Waals surface area contributed by atoms with Gasteiger partial charge >= 0.3 is 0 Å².